The minimum atomic E-state index is -4.74. The van der Waals surface area contributed by atoms with Crippen LogP contribution in [0.2, 0.25) is 0 Å². The summed E-state index contributed by atoms with van der Waals surface area (Å²) in [6.07, 6.45) is -4.45. The first-order valence-electron chi connectivity index (χ1n) is 4.59. The van der Waals surface area contributed by atoms with Gasteiger partial charge in [0.25, 0.3) is 0 Å². The number of allylic oxidation sites excluding steroid dienone is 1. The van der Waals surface area contributed by atoms with Gasteiger partial charge in [-0.2, -0.15) is 13.2 Å². The van der Waals surface area contributed by atoms with E-state index in [9.17, 15) is 18.0 Å². The van der Waals surface area contributed by atoms with Gasteiger partial charge >= 0.3 is 12.1 Å². The van der Waals surface area contributed by atoms with Crippen LogP contribution in [0.1, 0.15) is 6.92 Å². The summed E-state index contributed by atoms with van der Waals surface area (Å²) >= 11 is 1.19. The van der Waals surface area contributed by atoms with Crippen LogP contribution in [0.4, 0.5) is 13.2 Å². The van der Waals surface area contributed by atoms with Gasteiger partial charge in [0.05, 0.1) is 12.7 Å². The third-order valence-electron chi connectivity index (χ3n) is 1.54. The van der Waals surface area contributed by atoms with E-state index in [4.69, 9.17) is 0 Å². The van der Waals surface area contributed by atoms with E-state index >= 15 is 0 Å². The van der Waals surface area contributed by atoms with Crippen LogP contribution < -0.4 is 4.74 Å². The van der Waals surface area contributed by atoms with Crippen molar-refractivity contribution in [2.45, 2.75) is 13.1 Å². The van der Waals surface area contributed by atoms with Crippen LogP contribution >= 0.6 is 11.3 Å². The molecule has 0 saturated heterocycles. The molecule has 0 unspecified atom stereocenters. The van der Waals surface area contributed by atoms with Gasteiger partial charge in [-0.25, -0.2) is 4.79 Å². The summed E-state index contributed by atoms with van der Waals surface area (Å²) in [6, 6.07) is 1.37. The molecule has 7 heteroatoms. The van der Waals surface area contributed by atoms with E-state index in [2.05, 4.69) is 9.47 Å². The molecule has 0 amide bonds. The molecular weight excluding hydrogens is 257 g/mol. The van der Waals surface area contributed by atoms with E-state index in [0.29, 0.717) is 6.08 Å². The Morgan fingerprint density at radius 3 is 2.71 bits per heavy atom. The first-order chi connectivity index (χ1) is 7.93. The van der Waals surface area contributed by atoms with Crippen molar-refractivity contribution in [2.75, 3.05) is 6.61 Å². The number of thiophene rings is 1. The highest BCUT2D eigenvalue weighted by Gasteiger charge is 2.37. The van der Waals surface area contributed by atoms with E-state index in [1.165, 1.54) is 29.7 Å². The summed E-state index contributed by atoms with van der Waals surface area (Å²) in [4.78, 5) is 11.0. The van der Waals surface area contributed by atoms with E-state index in [1.54, 1.807) is 5.38 Å². The summed E-state index contributed by atoms with van der Waals surface area (Å²) in [7, 11) is 0. The van der Waals surface area contributed by atoms with Gasteiger partial charge in [0.2, 0.25) is 5.76 Å². The first-order valence-corrected chi connectivity index (χ1v) is 5.53. The van der Waals surface area contributed by atoms with Gasteiger partial charge in [-0.15, -0.1) is 11.3 Å². The molecule has 0 radical (unpaired) electrons. The standard InChI is InChI=1S/C10H9F3O3S/c1-2-15-9(14)5-8(10(11,12)13)16-7-3-4-17-6-7/h3-6H,2H2,1H3/b8-5-. The molecule has 94 valence electrons. The Kier molecular flexibility index (Phi) is 4.56. The van der Waals surface area contributed by atoms with Crippen LogP contribution in [0.3, 0.4) is 0 Å². The molecule has 0 aliphatic carbocycles. The maximum Gasteiger partial charge on any atom is 0.449 e. The fourth-order valence-electron chi connectivity index (χ4n) is 0.897. The van der Waals surface area contributed by atoms with Crippen LogP contribution in [0, 0.1) is 0 Å². The highest BCUT2D eigenvalue weighted by atomic mass is 32.1. The van der Waals surface area contributed by atoms with Crippen molar-refractivity contribution in [3.63, 3.8) is 0 Å². The van der Waals surface area contributed by atoms with Gasteiger partial charge in [0.15, 0.2) is 0 Å². The smallest absolute Gasteiger partial charge is 0.449 e. The van der Waals surface area contributed by atoms with Crippen LogP contribution in [0.15, 0.2) is 28.7 Å². The zero-order valence-electron chi connectivity index (χ0n) is 8.78. The molecule has 0 spiro atoms. The van der Waals surface area contributed by atoms with Crippen LogP contribution in [0.5, 0.6) is 5.75 Å². The molecule has 0 atom stereocenters. The second-order valence-electron chi connectivity index (χ2n) is 2.82. The lowest BCUT2D eigenvalue weighted by molar-refractivity contribution is -0.140. The second-order valence-corrected chi connectivity index (χ2v) is 3.60. The largest absolute Gasteiger partial charge is 0.463 e. The van der Waals surface area contributed by atoms with Gasteiger partial charge in [-0.05, 0) is 18.4 Å². The Morgan fingerprint density at radius 2 is 2.24 bits per heavy atom. The minimum Gasteiger partial charge on any atom is -0.463 e. The fourth-order valence-corrected chi connectivity index (χ4v) is 1.45. The van der Waals surface area contributed by atoms with Crippen molar-refractivity contribution < 1.29 is 27.4 Å². The molecule has 1 aromatic rings. The monoisotopic (exact) mass is 266 g/mol. The number of rotatable bonds is 4. The zero-order valence-corrected chi connectivity index (χ0v) is 9.60. The van der Waals surface area contributed by atoms with Crippen LogP contribution in [0.25, 0.3) is 0 Å². The summed E-state index contributed by atoms with van der Waals surface area (Å²) in [6.45, 7) is 1.50. The number of carbonyl (C=O) groups excluding carboxylic acids is 1. The van der Waals surface area contributed by atoms with E-state index in [0.717, 1.165) is 0 Å². The van der Waals surface area contributed by atoms with Crippen molar-refractivity contribution in [2.24, 2.45) is 0 Å². The van der Waals surface area contributed by atoms with Crippen LogP contribution in [-0.4, -0.2) is 18.8 Å². The Hall–Kier alpha value is -1.50. The predicted octanol–water partition coefficient (Wildman–Crippen LogP) is 3.14. The summed E-state index contributed by atoms with van der Waals surface area (Å²) in [5.41, 5.74) is 0. The Morgan fingerprint density at radius 1 is 1.53 bits per heavy atom. The quantitative estimate of drug-likeness (QED) is 0.477. The molecule has 1 aromatic heterocycles. The van der Waals surface area contributed by atoms with Gasteiger partial charge in [-0.3, -0.25) is 0 Å². The Balaban J connectivity index is 2.85. The van der Waals surface area contributed by atoms with Crippen molar-refractivity contribution in [1.82, 2.24) is 0 Å². The highest BCUT2D eigenvalue weighted by molar-refractivity contribution is 7.08. The predicted molar refractivity (Wildman–Crippen MR) is 55.7 cm³/mol. The lowest BCUT2D eigenvalue weighted by Gasteiger charge is -2.11. The minimum absolute atomic E-state index is 0.00107. The average molecular weight is 266 g/mol. The van der Waals surface area contributed by atoms with Crippen molar-refractivity contribution >= 4 is 17.3 Å². The fraction of sp³-hybridized carbons (Fsp3) is 0.300. The molecule has 17 heavy (non-hydrogen) atoms. The Bertz CT molecular complexity index is 395. The topological polar surface area (TPSA) is 35.5 Å². The number of hydrogen-bond donors (Lipinski definition) is 0. The summed E-state index contributed by atoms with van der Waals surface area (Å²) in [5.74, 6) is -2.45. The van der Waals surface area contributed by atoms with Gasteiger partial charge < -0.3 is 9.47 Å². The summed E-state index contributed by atoms with van der Waals surface area (Å²) < 4.78 is 46.5. The average Bonchev–Trinajstić information content (AvgIpc) is 2.68. The summed E-state index contributed by atoms with van der Waals surface area (Å²) in [5, 5.41) is 2.96. The number of ether oxygens (including phenoxy) is 2. The molecular formula is C10H9F3O3S. The third kappa shape index (κ3) is 4.48. The normalized spacial score (nSPS) is 12.4. The maximum absolute atomic E-state index is 12.5. The molecule has 1 rings (SSSR count). The number of hydrogen-bond acceptors (Lipinski definition) is 4. The lowest BCUT2D eigenvalue weighted by atomic mass is 10.4. The van der Waals surface area contributed by atoms with E-state index in [1.807, 2.05) is 0 Å². The van der Waals surface area contributed by atoms with E-state index in [-0.39, 0.29) is 12.4 Å². The number of carbonyl (C=O) groups is 1. The van der Waals surface area contributed by atoms with Gasteiger partial charge in [0, 0.05) is 5.38 Å². The highest BCUT2D eigenvalue weighted by Crippen LogP contribution is 2.29. The molecule has 1 heterocycles. The Labute approximate surface area is 99.5 Å². The number of alkyl halides is 3. The lowest BCUT2D eigenvalue weighted by Crippen LogP contribution is -2.19. The SMILES string of the molecule is CCOC(=O)/C=C(\Oc1ccsc1)C(F)(F)F. The number of esters is 1. The van der Waals surface area contributed by atoms with Crippen molar-refractivity contribution in [3.05, 3.63) is 28.7 Å². The van der Waals surface area contributed by atoms with Gasteiger partial charge in [-0.1, -0.05) is 0 Å². The van der Waals surface area contributed by atoms with Crippen molar-refractivity contribution in [3.8, 4) is 5.75 Å². The number of halogens is 3. The molecule has 0 bridgehead atoms. The molecule has 0 aliphatic heterocycles. The first kappa shape index (κ1) is 13.6. The second kappa shape index (κ2) is 5.72. The molecule has 3 nitrogen and oxygen atoms in total. The van der Waals surface area contributed by atoms with Crippen molar-refractivity contribution in [1.29, 1.82) is 0 Å². The van der Waals surface area contributed by atoms with Gasteiger partial charge in [0.1, 0.15) is 5.75 Å². The van der Waals surface area contributed by atoms with E-state index < -0.39 is 17.9 Å². The zero-order chi connectivity index (χ0) is 12.9. The molecule has 0 fully saturated rings. The molecule has 0 aromatic carbocycles. The molecule has 0 N–H and O–H groups in total. The molecule has 0 saturated carbocycles. The molecule has 0 aliphatic rings. The van der Waals surface area contributed by atoms with Crippen LogP contribution in [-0.2, 0) is 9.53 Å². The maximum atomic E-state index is 12.5. The third-order valence-corrected chi connectivity index (χ3v) is 2.20.